The van der Waals surface area contributed by atoms with Crippen molar-refractivity contribution in [2.24, 2.45) is 17.1 Å². The summed E-state index contributed by atoms with van der Waals surface area (Å²) in [5, 5.41) is 3.11. The van der Waals surface area contributed by atoms with Crippen LogP contribution in [0.5, 0.6) is 0 Å². The normalized spacial score (nSPS) is 35.5. The maximum Gasteiger partial charge on any atom is 0.241 e. The first-order valence-electron chi connectivity index (χ1n) is 8.10. The van der Waals surface area contributed by atoms with Gasteiger partial charge in [0.1, 0.15) is 5.54 Å². The highest BCUT2D eigenvalue weighted by atomic mass is 16.5. The topological polar surface area (TPSA) is 73.6 Å². The average molecular weight is 298 g/mol. The maximum atomic E-state index is 12.8. The number of nitrogens with two attached hydrogens (primary N) is 1. The van der Waals surface area contributed by atoms with E-state index in [2.05, 4.69) is 12.2 Å². The molecule has 0 spiro atoms. The molecule has 0 aromatic heterocycles. The summed E-state index contributed by atoms with van der Waals surface area (Å²) in [6.45, 7) is 7.50. The van der Waals surface area contributed by atoms with Crippen molar-refractivity contribution in [3.63, 3.8) is 0 Å². The second-order valence-electron chi connectivity index (χ2n) is 7.05. The summed E-state index contributed by atoms with van der Waals surface area (Å²) in [6.07, 6.45) is 3.97. The van der Waals surface area contributed by atoms with Crippen molar-refractivity contribution in [3.8, 4) is 0 Å². The van der Waals surface area contributed by atoms with Gasteiger partial charge in [-0.15, -0.1) is 0 Å². The lowest BCUT2D eigenvalue weighted by molar-refractivity contribution is -0.225. The number of nitrogens with one attached hydrogen (secondary N) is 1. The molecule has 21 heavy (non-hydrogen) atoms. The third kappa shape index (κ3) is 2.60. The number of carbonyl (C=O) groups is 1. The number of rotatable bonds is 6. The van der Waals surface area contributed by atoms with E-state index in [9.17, 15) is 4.79 Å². The molecule has 2 aliphatic rings. The molecule has 1 aliphatic heterocycles. The van der Waals surface area contributed by atoms with Crippen LogP contribution in [0.1, 0.15) is 46.5 Å². The third-order valence-electron chi connectivity index (χ3n) is 5.40. The Morgan fingerprint density at radius 1 is 1.52 bits per heavy atom. The number of ether oxygens (including phenoxy) is 2. The van der Waals surface area contributed by atoms with Gasteiger partial charge in [0.2, 0.25) is 5.91 Å². The molecule has 0 bridgehead atoms. The summed E-state index contributed by atoms with van der Waals surface area (Å²) in [7, 11) is 1.66. The van der Waals surface area contributed by atoms with Gasteiger partial charge in [0, 0.05) is 25.0 Å². The van der Waals surface area contributed by atoms with E-state index >= 15 is 0 Å². The molecule has 3 N–H and O–H groups in total. The van der Waals surface area contributed by atoms with Crippen LogP contribution in [0.15, 0.2) is 0 Å². The third-order valence-corrected chi connectivity index (χ3v) is 5.40. The highest BCUT2D eigenvalue weighted by Crippen LogP contribution is 2.57. The van der Waals surface area contributed by atoms with Gasteiger partial charge >= 0.3 is 0 Å². The van der Waals surface area contributed by atoms with Gasteiger partial charge in [0.15, 0.2) is 0 Å². The van der Waals surface area contributed by atoms with Crippen LogP contribution >= 0.6 is 0 Å². The molecule has 5 nitrogen and oxygen atoms in total. The van der Waals surface area contributed by atoms with Gasteiger partial charge in [-0.25, -0.2) is 0 Å². The first kappa shape index (κ1) is 16.7. The van der Waals surface area contributed by atoms with Gasteiger partial charge in [0.05, 0.1) is 18.8 Å². The highest BCUT2D eigenvalue weighted by molar-refractivity contribution is 5.89. The molecule has 2 fully saturated rings. The summed E-state index contributed by atoms with van der Waals surface area (Å²) in [5.74, 6) is 0.0841. The minimum Gasteiger partial charge on any atom is -0.383 e. The molecule has 1 saturated heterocycles. The van der Waals surface area contributed by atoms with Crippen LogP contribution < -0.4 is 11.1 Å². The molecule has 0 radical (unpaired) electrons. The lowest BCUT2D eigenvalue weighted by Crippen LogP contribution is -2.82. The number of amides is 1. The Kier molecular flexibility index (Phi) is 4.96. The van der Waals surface area contributed by atoms with Crippen molar-refractivity contribution >= 4 is 5.91 Å². The van der Waals surface area contributed by atoms with Gasteiger partial charge in [-0.1, -0.05) is 27.2 Å². The molecular formula is C16H30N2O3. The summed E-state index contributed by atoms with van der Waals surface area (Å²) in [4.78, 5) is 12.8. The first-order chi connectivity index (χ1) is 9.89. The van der Waals surface area contributed by atoms with Crippen molar-refractivity contribution in [2.45, 2.75) is 64.1 Å². The van der Waals surface area contributed by atoms with E-state index < -0.39 is 5.54 Å². The molecule has 1 amide bonds. The molecule has 1 saturated carbocycles. The molecule has 0 aromatic carbocycles. The predicted molar refractivity (Wildman–Crippen MR) is 81.9 cm³/mol. The largest absolute Gasteiger partial charge is 0.383 e. The van der Waals surface area contributed by atoms with Crippen molar-refractivity contribution in [1.82, 2.24) is 5.32 Å². The fraction of sp³-hybridized carbons (Fsp3) is 0.938. The smallest absolute Gasteiger partial charge is 0.241 e. The Labute approximate surface area is 127 Å². The minimum atomic E-state index is -0.835. The monoisotopic (exact) mass is 298 g/mol. The van der Waals surface area contributed by atoms with E-state index in [-0.39, 0.29) is 29.4 Å². The molecule has 1 aliphatic carbocycles. The molecule has 4 atom stereocenters. The Hall–Kier alpha value is -0.650. The quantitative estimate of drug-likeness (QED) is 0.778. The van der Waals surface area contributed by atoms with Crippen LogP contribution in [-0.2, 0) is 14.3 Å². The van der Waals surface area contributed by atoms with Crippen LogP contribution in [0.3, 0.4) is 0 Å². The van der Waals surface area contributed by atoms with Gasteiger partial charge in [-0.05, 0) is 19.3 Å². The van der Waals surface area contributed by atoms with Gasteiger partial charge in [0.25, 0.3) is 0 Å². The molecule has 4 unspecified atom stereocenters. The van der Waals surface area contributed by atoms with E-state index in [4.69, 9.17) is 15.2 Å². The maximum absolute atomic E-state index is 12.8. The predicted octanol–water partition coefficient (Wildman–Crippen LogP) is 1.45. The van der Waals surface area contributed by atoms with Crippen LogP contribution in [-0.4, -0.2) is 43.9 Å². The molecular weight excluding hydrogens is 268 g/mol. The first-order valence-corrected chi connectivity index (χ1v) is 8.10. The number of hydrogen-bond acceptors (Lipinski definition) is 4. The van der Waals surface area contributed by atoms with Crippen LogP contribution in [0, 0.1) is 11.3 Å². The zero-order chi connectivity index (χ0) is 15.7. The summed E-state index contributed by atoms with van der Waals surface area (Å²) in [6, 6.07) is 0.0345. The number of fused-ring (bicyclic) bond motifs is 1. The van der Waals surface area contributed by atoms with Gasteiger partial charge in [-0.3, -0.25) is 4.79 Å². The second-order valence-corrected chi connectivity index (χ2v) is 7.05. The Balaban J connectivity index is 2.09. The number of hydrogen-bond donors (Lipinski definition) is 2. The second kappa shape index (κ2) is 6.23. The average Bonchev–Trinajstić information content (AvgIpc) is 2.46. The zero-order valence-corrected chi connectivity index (χ0v) is 13.8. The summed E-state index contributed by atoms with van der Waals surface area (Å²) >= 11 is 0. The summed E-state index contributed by atoms with van der Waals surface area (Å²) in [5.41, 5.74) is 5.42. The molecule has 0 aromatic rings. The van der Waals surface area contributed by atoms with Crippen molar-refractivity contribution in [3.05, 3.63) is 0 Å². The van der Waals surface area contributed by atoms with E-state index in [0.717, 1.165) is 32.3 Å². The molecule has 1 heterocycles. The standard InChI is InChI=1S/C16H30N2O3/c1-5-7-11(10-20-4)18-14(19)16(17)12-8-6-9-21-13(12)15(16,2)3/h11-13H,5-10,17H2,1-4H3,(H,18,19). The minimum absolute atomic E-state index is 0.0345. The summed E-state index contributed by atoms with van der Waals surface area (Å²) < 4.78 is 11.1. The molecule has 2 rings (SSSR count). The molecule has 5 heteroatoms. The lowest BCUT2D eigenvalue weighted by atomic mass is 9.46. The van der Waals surface area contributed by atoms with E-state index in [1.165, 1.54) is 0 Å². The fourth-order valence-electron chi connectivity index (χ4n) is 4.09. The zero-order valence-electron chi connectivity index (χ0n) is 13.8. The van der Waals surface area contributed by atoms with Gasteiger partial charge < -0.3 is 20.5 Å². The van der Waals surface area contributed by atoms with Crippen molar-refractivity contribution in [1.29, 1.82) is 0 Å². The lowest BCUT2D eigenvalue weighted by Gasteiger charge is -2.65. The van der Waals surface area contributed by atoms with E-state index in [0.29, 0.717) is 6.61 Å². The van der Waals surface area contributed by atoms with Crippen molar-refractivity contribution < 1.29 is 14.3 Å². The van der Waals surface area contributed by atoms with Crippen molar-refractivity contribution in [2.75, 3.05) is 20.3 Å². The Morgan fingerprint density at radius 3 is 2.86 bits per heavy atom. The van der Waals surface area contributed by atoms with E-state index in [1.807, 2.05) is 13.8 Å². The number of carbonyl (C=O) groups excluding carboxylic acids is 1. The van der Waals surface area contributed by atoms with Crippen LogP contribution in [0.4, 0.5) is 0 Å². The Morgan fingerprint density at radius 2 is 2.24 bits per heavy atom. The van der Waals surface area contributed by atoms with Crippen LogP contribution in [0.25, 0.3) is 0 Å². The van der Waals surface area contributed by atoms with E-state index in [1.54, 1.807) is 7.11 Å². The molecule has 122 valence electrons. The number of methoxy groups -OCH3 is 1. The SMILES string of the molecule is CCCC(COC)NC(=O)C1(N)C2CCCOC2C1(C)C. The fourth-order valence-corrected chi connectivity index (χ4v) is 4.09. The highest BCUT2D eigenvalue weighted by Gasteiger charge is 2.70. The Bertz CT molecular complexity index is 380. The van der Waals surface area contributed by atoms with Gasteiger partial charge in [-0.2, -0.15) is 0 Å². The van der Waals surface area contributed by atoms with Crippen LogP contribution in [0.2, 0.25) is 0 Å².